The number of halogens is 1. The maximum atomic E-state index is 13.7. The highest BCUT2D eigenvalue weighted by Crippen LogP contribution is 2.32. The molecular weight excluding hydrogens is 315 g/mol. The van der Waals surface area contributed by atoms with Crippen molar-refractivity contribution in [3.8, 4) is 11.1 Å². The lowest BCUT2D eigenvalue weighted by Gasteiger charge is -2.16. The zero-order valence-corrected chi connectivity index (χ0v) is 15.1. The van der Waals surface area contributed by atoms with Gasteiger partial charge in [0.15, 0.2) is 0 Å². The molecule has 0 aliphatic rings. The van der Waals surface area contributed by atoms with Crippen LogP contribution >= 0.6 is 12.6 Å². The minimum atomic E-state index is -0.162. The molecule has 3 aromatic carbocycles. The number of rotatable bonds is 3. The molecule has 0 spiro atoms. The largest absolute Gasteiger partial charge is 0.207 e. The maximum Gasteiger partial charge on any atom is 0.126 e. The summed E-state index contributed by atoms with van der Waals surface area (Å²) in [6, 6.07) is 17.9. The van der Waals surface area contributed by atoms with Gasteiger partial charge in [-0.3, -0.25) is 0 Å². The van der Waals surface area contributed by atoms with Crippen molar-refractivity contribution in [1.29, 1.82) is 0 Å². The summed E-state index contributed by atoms with van der Waals surface area (Å²) in [7, 11) is 0. The average molecular weight is 336 g/mol. The van der Waals surface area contributed by atoms with Gasteiger partial charge in [0.1, 0.15) is 5.82 Å². The van der Waals surface area contributed by atoms with Crippen LogP contribution in [0.5, 0.6) is 0 Å². The molecule has 0 aliphatic heterocycles. The molecule has 0 nitrogen and oxygen atoms in total. The molecular formula is C22H21FS. The number of aryl methyl sites for hydroxylation is 3. The highest BCUT2D eigenvalue weighted by molar-refractivity contribution is 7.80. The van der Waals surface area contributed by atoms with Crippen molar-refractivity contribution in [3.05, 3.63) is 88.2 Å². The molecule has 0 fully saturated rings. The summed E-state index contributed by atoms with van der Waals surface area (Å²) < 4.78 is 13.7. The van der Waals surface area contributed by atoms with Gasteiger partial charge in [-0.2, -0.15) is 0 Å². The highest BCUT2D eigenvalue weighted by Gasteiger charge is 2.12. The van der Waals surface area contributed by atoms with Gasteiger partial charge in [-0.1, -0.05) is 42.0 Å². The predicted octanol–water partition coefficient (Wildman–Crippen LogP) is 6.30. The van der Waals surface area contributed by atoms with E-state index in [2.05, 4.69) is 44.7 Å². The highest BCUT2D eigenvalue weighted by atomic mass is 32.1. The van der Waals surface area contributed by atoms with Gasteiger partial charge in [0.2, 0.25) is 0 Å². The summed E-state index contributed by atoms with van der Waals surface area (Å²) in [6.45, 7) is 6.05. The molecule has 0 saturated heterocycles. The van der Waals surface area contributed by atoms with Gasteiger partial charge in [-0.25, -0.2) is 4.39 Å². The van der Waals surface area contributed by atoms with Crippen LogP contribution in [-0.2, 0) is 6.42 Å². The predicted molar refractivity (Wildman–Crippen MR) is 103 cm³/mol. The molecule has 122 valence electrons. The Morgan fingerprint density at radius 2 is 1.62 bits per heavy atom. The van der Waals surface area contributed by atoms with Crippen LogP contribution in [0.2, 0.25) is 0 Å². The normalized spacial score (nSPS) is 10.9. The fourth-order valence-electron chi connectivity index (χ4n) is 3.15. The van der Waals surface area contributed by atoms with Gasteiger partial charge in [0.05, 0.1) is 0 Å². The second kappa shape index (κ2) is 6.82. The minimum absolute atomic E-state index is 0.162. The second-order valence-electron chi connectivity index (χ2n) is 6.38. The Balaban J connectivity index is 2.15. The molecule has 0 N–H and O–H groups in total. The third-order valence-corrected chi connectivity index (χ3v) is 4.88. The monoisotopic (exact) mass is 336 g/mol. The summed E-state index contributed by atoms with van der Waals surface area (Å²) in [4.78, 5) is 0.999. The van der Waals surface area contributed by atoms with E-state index in [1.54, 1.807) is 6.07 Å². The first kappa shape index (κ1) is 16.8. The topological polar surface area (TPSA) is 0 Å². The smallest absolute Gasteiger partial charge is 0.126 e. The molecule has 0 aromatic heterocycles. The van der Waals surface area contributed by atoms with Gasteiger partial charge in [-0.05, 0) is 78.8 Å². The van der Waals surface area contributed by atoms with Crippen LogP contribution < -0.4 is 0 Å². The first-order valence-electron chi connectivity index (χ1n) is 8.09. The zero-order valence-electron chi connectivity index (χ0n) is 14.2. The Morgan fingerprint density at radius 1 is 0.875 bits per heavy atom. The third kappa shape index (κ3) is 3.39. The molecule has 2 heteroatoms. The average Bonchev–Trinajstić information content (AvgIpc) is 2.54. The van der Waals surface area contributed by atoms with Crippen LogP contribution in [0.4, 0.5) is 4.39 Å². The molecule has 0 saturated carbocycles. The van der Waals surface area contributed by atoms with E-state index in [0.29, 0.717) is 5.56 Å². The van der Waals surface area contributed by atoms with Gasteiger partial charge in [0.25, 0.3) is 0 Å². The first-order chi connectivity index (χ1) is 11.5. The van der Waals surface area contributed by atoms with Crippen molar-refractivity contribution in [2.75, 3.05) is 0 Å². The summed E-state index contributed by atoms with van der Waals surface area (Å²) >= 11 is 4.58. The Morgan fingerprint density at radius 3 is 2.33 bits per heavy atom. The van der Waals surface area contributed by atoms with Gasteiger partial charge in [-0.15, -0.1) is 12.6 Å². The van der Waals surface area contributed by atoms with E-state index in [0.717, 1.165) is 16.9 Å². The maximum absolute atomic E-state index is 13.7. The van der Waals surface area contributed by atoms with Crippen LogP contribution in [0.1, 0.15) is 27.8 Å². The quantitative estimate of drug-likeness (QED) is 0.533. The summed E-state index contributed by atoms with van der Waals surface area (Å²) in [5, 5.41) is 0. The number of benzene rings is 3. The van der Waals surface area contributed by atoms with Crippen LogP contribution in [0.3, 0.4) is 0 Å². The van der Waals surface area contributed by atoms with Crippen LogP contribution in [0, 0.1) is 26.6 Å². The van der Waals surface area contributed by atoms with E-state index in [1.165, 1.54) is 27.8 Å². The number of thiol groups is 1. The zero-order chi connectivity index (χ0) is 17.3. The third-order valence-electron chi connectivity index (χ3n) is 4.45. The molecule has 3 aromatic rings. The summed E-state index contributed by atoms with van der Waals surface area (Å²) in [5.41, 5.74) is 7.85. The molecule has 24 heavy (non-hydrogen) atoms. The fourth-order valence-corrected chi connectivity index (χ4v) is 3.39. The molecule has 3 rings (SSSR count). The Kier molecular flexibility index (Phi) is 4.77. The van der Waals surface area contributed by atoms with Crippen molar-refractivity contribution in [2.45, 2.75) is 32.1 Å². The molecule has 0 amide bonds. The molecule has 0 heterocycles. The lowest BCUT2D eigenvalue weighted by molar-refractivity contribution is 0.619. The first-order valence-corrected chi connectivity index (χ1v) is 8.54. The minimum Gasteiger partial charge on any atom is -0.207 e. The Bertz CT molecular complexity index is 896. The molecule has 0 atom stereocenters. The molecule has 0 radical (unpaired) electrons. The van der Waals surface area contributed by atoms with E-state index in [1.807, 2.05) is 37.3 Å². The van der Waals surface area contributed by atoms with Crippen LogP contribution in [-0.4, -0.2) is 0 Å². The SMILES string of the molecule is Cc1cc(C)c(Cc2ccccc2S)c(-c2ccc(F)c(C)c2)c1. The second-order valence-corrected chi connectivity index (χ2v) is 6.86. The van der Waals surface area contributed by atoms with E-state index >= 15 is 0 Å². The van der Waals surface area contributed by atoms with Crippen LogP contribution in [0.25, 0.3) is 11.1 Å². The van der Waals surface area contributed by atoms with E-state index in [9.17, 15) is 4.39 Å². The number of hydrogen-bond acceptors (Lipinski definition) is 1. The lowest BCUT2D eigenvalue weighted by atomic mass is 9.89. The molecule has 0 unspecified atom stereocenters. The Labute approximate surface area is 148 Å². The lowest BCUT2D eigenvalue weighted by Crippen LogP contribution is -1.99. The van der Waals surface area contributed by atoms with Crippen molar-refractivity contribution >= 4 is 12.6 Å². The summed E-state index contributed by atoms with van der Waals surface area (Å²) in [5.74, 6) is -0.162. The van der Waals surface area contributed by atoms with Gasteiger partial charge >= 0.3 is 0 Å². The van der Waals surface area contributed by atoms with Crippen molar-refractivity contribution in [3.63, 3.8) is 0 Å². The molecule has 0 bridgehead atoms. The van der Waals surface area contributed by atoms with E-state index < -0.39 is 0 Å². The Hall–Kier alpha value is -2.06. The van der Waals surface area contributed by atoms with E-state index in [4.69, 9.17) is 0 Å². The summed E-state index contributed by atoms with van der Waals surface area (Å²) in [6.07, 6.45) is 0.817. The van der Waals surface area contributed by atoms with E-state index in [-0.39, 0.29) is 5.82 Å². The van der Waals surface area contributed by atoms with Gasteiger partial charge in [0, 0.05) is 4.90 Å². The van der Waals surface area contributed by atoms with Crippen molar-refractivity contribution < 1.29 is 4.39 Å². The van der Waals surface area contributed by atoms with Crippen molar-refractivity contribution in [1.82, 2.24) is 0 Å². The molecule has 0 aliphatic carbocycles. The van der Waals surface area contributed by atoms with Crippen LogP contribution in [0.15, 0.2) is 59.5 Å². The number of hydrogen-bond donors (Lipinski definition) is 1. The fraction of sp³-hybridized carbons (Fsp3) is 0.182. The standard InChI is InChI=1S/C22H21FS/c1-14-10-15(2)19(13-18-6-4-5-7-22(18)24)20(11-14)17-8-9-21(23)16(3)12-17/h4-12,24H,13H2,1-3H3. The van der Waals surface area contributed by atoms with Gasteiger partial charge < -0.3 is 0 Å². The van der Waals surface area contributed by atoms with Crippen molar-refractivity contribution in [2.24, 2.45) is 0 Å².